The summed E-state index contributed by atoms with van der Waals surface area (Å²) in [6, 6.07) is 5.25. The van der Waals surface area contributed by atoms with Gasteiger partial charge in [0.2, 0.25) is 10.0 Å². The molecule has 0 saturated heterocycles. The van der Waals surface area contributed by atoms with Gasteiger partial charge in [0, 0.05) is 6.04 Å². The van der Waals surface area contributed by atoms with Gasteiger partial charge in [-0.05, 0) is 37.5 Å². The third-order valence-corrected chi connectivity index (χ3v) is 4.72. The van der Waals surface area contributed by atoms with Gasteiger partial charge in [-0.1, -0.05) is 18.9 Å². The zero-order valence-electron chi connectivity index (χ0n) is 10.7. The standard InChI is InChI=1S/C13H17NO4S/c1-9(7-10-5-6-10)14-19(17,18)12-4-2-3-11(8-12)13(15)16/h2-4,8-10,14H,5-7H2,1H3,(H,15,16). The maximum atomic E-state index is 12.1. The molecule has 0 aliphatic heterocycles. The summed E-state index contributed by atoms with van der Waals surface area (Å²) in [5.41, 5.74) is -0.0299. The zero-order valence-corrected chi connectivity index (χ0v) is 11.5. The number of aromatic carboxylic acids is 1. The van der Waals surface area contributed by atoms with Gasteiger partial charge >= 0.3 is 5.97 Å². The number of rotatable bonds is 6. The molecule has 0 amide bonds. The second-order valence-electron chi connectivity index (χ2n) is 5.03. The molecular weight excluding hydrogens is 266 g/mol. The van der Waals surface area contributed by atoms with Gasteiger partial charge in [-0.25, -0.2) is 17.9 Å². The molecule has 1 aromatic rings. The molecule has 0 heterocycles. The molecule has 19 heavy (non-hydrogen) atoms. The summed E-state index contributed by atoms with van der Waals surface area (Å²) in [5, 5.41) is 8.87. The average molecular weight is 283 g/mol. The van der Waals surface area contributed by atoms with Gasteiger partial charge in [-0.15, -0.1) is 0 Å². The summed E-state index contributed by atoms with van der Waals surface area (Å²) in [6.07, 6.45) is 3.17. The molecule has 2 N–H and O–H groups in total. The summed E-state index contributed by atoms with van der Waals surface area (Å²) in [5.74, 6) is -0.508. The molecule has 0 bridgehead atoms. The van der Waals surface area contributed by atoms with Crippen LogP contribution in [-0.2, 0) is 10.0 Å². The number of sulfonamides is 1. The van der Waals surface area contributed by atoms with E-state index in [-0.39, 0.29) is 16.5 Å². The monoisotopic (exact) mass is 283 g/mol. The van der Waals surface area contributed by atoms with Crippen molar-refractivity contribution in [1.29, 1.82) is 0 Å². The minimum Gasteiger partial charge on any atom is -0.478 e. The molecule has 0 radical (unpaired) electrons. The smallest absolute Gasteiger partial charge is 0.335 e. The van der Waals surface area contributed by atoms with Gasteiger partial charge in [-0.2, -0.15) is 0 Å². The van der Waals surface area contributed by atoms with Gasteiger partial charge in [-0.3, -0.25) is 0 Å². The molecule has 1 unspecified atom stereocenters. The Bertz CT molecular complexity index is 578. The van der Waals surface area contributed by atoms with E-state index in [0.29, 0.717) is 5.92 Å². The number of carboxylic acid groups (broad SMARTS) is 1. The maximum absolute atomic E-state index is 12.1. The number of benzene rings is 1. The first-order valence-electron chi connectivity index (χ1n) is 6.24. The molecule has 1 aliphatic carbocycles. The summed E-state index contributed by atoms with van der Waals surface area (Å²) < 4.78 is 26.8. The van der Waals surface area contributed by atoms with E-state index in [9.17, 15) is 13.2 Å². The quantitative estimate of drug-likeness (QED) is 0.834. The topological polar surface area (TPSA) is 83.5 Å². The van der Waals surface area contributed by atoms with E-state index in [1.807, 2.05) is 6.92 Å². The Morgan fingerprint density at radius 2 is 2.16 bits per heavy atom. The van der Waals surface area contributed by atoms with Gasteiger partial charge in [0.15, 0.2) is 0 Å². The van der Waals surface area contributed by atoms with Gasteiger partial charge < -0.3 is 5.11 Å². The third-order valence-electron chi connectivity index (χ3n) is 3.13. The van der Waals surface area contributed by atoms with Gasteiger partial charge in [0.1, 0.15) is 0 Å². The van der Waals surface area contributed by atoms with Crippen molar-refractivity contribution in [2.24, 2.45) is 5.92 Å². The molecule has 1 atom stereocenters. The summed E-state index contributed by atoms with van der Waals surface area (Å²) in [7, 11) is -3.65. The Hall–Kier alpha value is -1.40. The largest absolute Gasteiger partial charge is 0.478 e. The lowest BCUT2D eigenvalue weighted by molar-refractivity contribution is 0.0696. The van der Waals surface area contributed by atoms with E-state index in [1.54, 1.807) is 0 Å². The molecule has 0 aromatic heterocycles. The van der Waals surface area contributed by atoms with Crippen LogP contribution in [0.3, 0.4) is 0 Å². The molecule has 1 aromatic carbocycles. The Labute approximate surface area is 112 Å². The molecule has 104 valence electrons. The first-order valence-corrected chi connectivity index (χ1v) is 7.72. The van der Waals surface area contributed by atoms with Crippen LogP contribution in [0.25, 0.3) is 0 Å². The van der Waals surface area contributed by atoms with E-state index in [2.05, 4.69) is 4.72 Å². The number of nitrogens with one attached hydrogen (secondary N) is 1. The highest BCUT2D eigenvalue weighted by Gasteiger charge is 2.26. The highest BCUT2D eigenvalue weighted by molar-refractivity contribution is 7.89. The molecule has 0 spiro atoms. The third kappa shape index (κ3) is 3.78. The summed E-state index contributed by atoms with van der Waals surface area (Å²) in [6.45, 7) is 1.83. The van der Waals surface area contributed by atoms with Crippen molar-refractivity contribution in [2.45, 2.75) is 37.1 Å². The molecule has 6 heteroatoms. The number of carboxylic acids is 1. The van der Waals surface area contributed by atoms with Crippen molar-refractivity contribution in [1.82, 2.24) is 4.72 Å². The second-order valence-corrected chi connectivity index (χ2v) is 6.75. The van der Waals surface area contributed by atoms with E-state index >= 15 is 0 Å². The SMILES string of the molecule is CC(CC1CC1)NS(=O)(=O)c1cccc(C(=O)O)c1. The van der Waals surface area contributed by atoms with Crippen LogP contribution in [0.1, 0.15) is 36.5 Å². The lowest BCUT2D eigenvalue weighted by Crippen LogP contribution is -2.33. The Morgan fingerprint density at radius 3 is 2.74 bits per heavy atom. The minimum atomic E-state index is -3.65. The Kier molecular flexibility index (Phi) is 3.91. The van der Waals surface area contributed by atoms with Crippen LogP contribution in [0.5, 0.6) is 0 Å². The van der Waals surface area contributed by atoms with Crippen molar-refractivity contribution in [3.63, 3.8) is 0 Å². The van der Waals surface area contributed by atoms with Gasteiger partial charge in [0.25, 0.3) is 0 Å². The van der Waals surface area contributed by atoms with Crippen molar-refractivity contribution in [3.8, 4) is 0 Å². The molecule has 1 saturated carbocycles. The van der Waals surface area contributed by atoms with Crippen molar-refractivity contribution in [3.05, 3.63) is 29.8 Å². The lowest BCUT2D eigenvalue weighted by Gasteiger charge is -2.14. The fourth-order valence-corrected chi connectivity index (χ4v) is 3.33. The molecule has 1 fully saturated rings. The molecule has 1 aliphatic rings. The average Bonchev–Trinajstić information content (AvgIpc) is 3.12. The lowest BCUT2D eigenvalue weighted by atomic mass is 10.2. The van der Waals surface area contributed by atoms with Crippen LogP contribution in [0, 0.1) is 5.92 Å². The predicted molar refractivity (Wildman–Crippen MR) is 70.5 cm³/mol. The van der Waals surface area contributed by atoms with E-state index in [0.717, 1.165) is 6.42 Å². The highest BCUT2D eigenvalue weighted by atomic mass is 32.2. The molecule has 5 nitrogen and oxygen atoms in total. The minimum absolute atomic E-state index is 0.00459. The van der Waals surface area contributed by atoms with Crippen LogP contribution in [0.2, 0.25) is 0 Å². The van der Waals surface area contributed by atoms with Crippen LogP contribution in [-0.4, -0.2) is 25.5 Å². The Balaban J connectivity index is 2.13. The molecule has 2 rings (SSSR count). The molecular formula is C13H17NO4S. The van der Waals surface area contributed by atoms with E-state index in [4.69, 9.17) is 5.11 Å². The predicted octanol–water partition coefficient (Wildman–Crippen LogP) is 1.85. The number of hydrogen-bond donors (Lipinski definition) is 2. The first kappa shape index (κ1) is 14.0. The normalized spacial score (nSPS) is 17.1. The fourth-order valence-electron chi connectivity index (χ4n) is 2.03. The summed E-state index contributed by atoms with van der Waals surface area (Å²) in [4.78, 5) is 10.8. The van der Waals surface area contributed by atoms with Crippen LogP contribution in [0.15, 0.2) is 29.2 Å². The van der Waals surface area contributed by atoms with Crippen molar-refractivity contribution >= 4 is 16.0 Å². The van der Waals surface area contributed by atoms with E-state index < -0.39 is 16.0 Å². The van der Waals surface area contributed by atoms with Gasteiger partial charge in [0.05, 0.1) is 10.5 Å². The summed E-state index contributed by atoms with van der Waals surface area (Å²) >= 11 is 0. The number of carbonyl (C=O) groups is 1. The maximum Gasteiger partial charge on any atom is 0.335 e. The highest BCUT2D eigenvalue weighted by Crippen LogP contribution is 2.33. The van der Waals surface area contributed by atoms with Crippen LogP contribution < -0.4 is 4.72 Å². The van der Waals surface area contributed by atoms with Crippen molar-refractivity contribution < 1.29 is 18.3 Å². The van der Waals surface area contributed by atoms with E-state index in [1.165, 1.54) is 37.1 Å². The second kappa shape index (κ2) is 5.30. The van der Waals surface area contributed by atoms with Crippen LogP contribution >= 0.6 is 0 Å². The first-order chi connectivity index (χ1) is 8.88. The van der Waals surface area contributed by atoms with Crippen LogP contribution in [0.4, 0.5) is 0 Å². The fraction of sp³-hybridized carbons (Fsp3) is 0.462. The Morgan fingerprint density at radius 1 is 1.47 bits per heavy atom. The van der Waals surface area contributed by atoms with Crippen molar-refractivity contribution in [2.75, 3.05) is 0 Å². The zero-order chi connectivity index (χ0) is 14.0. The number of hydrogen-bond acceptors (Lipinski definition) is 3.